The van der Waals surface area contributed by atoms with E-state index in [0.29, 0.717) is 22.6 Å². The van der Waals surface area contributed by atoms with Crippen molar-refractivity contribution >= 4 is 0 Å². The first-order valence-electron chi connectivity index (χ1n) is 7.87. The maximum Gasteiger partial charge on any atom is 0.269 e. The molecule has 0 spiro atoms. The minimum Gasteiger partial charge on any atom is -0.364 e. The van der Waals surface area contributed by atoms with Gasteiger partial charge in [-0.05, 0) is 12.1 Å². The molecule has 0 saturated carbocycles. The molecule has 0 unspecified atom stereocenters. The van der Waals surface area contributed by atoms with Crippen LogP contribution in [0.5, 0.6) is 0 Å². The molecular weight excluding hydrogens is 351 g/mol. The van der Waals surface area contributed by atoms with E-state index < -0.39 is 5.56 Å². The average Bonchev–Trinajstić information content (AvgIpc) is 3.33. The van der Waals surface area contributed by atoms with E-state index in [1.165, 1.54) is 18.5 Å². The fraction of sp³-hybridized carbons (Fsp3) is 0.0556. The molecule has 4 rings (SSSR count). The van der Waals surface area contributed by atoms with Crippen LogP contribution in [0.2, 0.25) is 0 Å². The van der Waals surface area contributed by atoms with Crippen molar-refractivity contribution in [2.75, 3.05) is 0 Å². The third-order valence-electron chi connectivity index (χ3n) is 3.92. The fourth-order valence-corrected chi connectivity index (χ4v) is 2.60. The summed E-state index contributed by atoms with van der Waals surface area (Å²) in [6.45, 7) is 0.148. The van der Waals surface area contributed by atoms with Gasteiger partial charge in [0.1, 0.15) is 35.1 Å². The van der Waals surface area contributed by atoms with Gasteiger partial charge in [0.05, 0.1) is 18.4 Å². The van der Waals surface area contributed by atoms with Gasteiger partial charge in [0, 0.05) is 11.6 Å². The van der Waals surface area contributed by atoms with Gasteiger partial charge in [0.2, 0.25) is 0 Å². The second kappa shape index (κ2) is 6.68. The van der Waals surface area contributed by atoms with E-state index in [-0.39, 0.29) is 23.7 Å². The highest BCUT2D eigenvalue weighted by Gasteiger charge is 2.17. The molecule has 0 atom stereocenters. The Morgan fingerprint density at radius 2 is 2.11 bits per heavy atom. The number of aromatic amines is 1. The van der Waals surface area contributed by atoms with Crippen molar-refractivity contribution in [1.82, 2.24) is 24.9 Å². The summed E-state index contributed by atoms with van der Waals surface area (Å²) in [6.07, 6.45) is 2.59. The number of hydrogen-bond donors (Lipinski definition) is 1. The van der Waals surface area contributed by atoms with Crippen molar-refractivity contribution in [3.05, 3.63) is 76.2 Å². The van der Waals surface area contributed by atoms with Crippen LogP contribution < -0.4 is 5.56 Å². The summed E-state index contributed by atoms with van der Waals surface area (Å²) in [4.78, 5) is 18.5. The number of aromatic nitrogens is 5. The molecule has 132 valence electrons. The lowest BCUT2D eigenvalue weighted by Crippen LogP contribution is -2.12. The van der Waals surface area contributed by atoms with Crippen LogP contribution in [0.25, 0.3) is 22.9 Å². The molecule has 0 aliphatic rings. The molecule has 0 aliphatic heterocycles. The van der Waals surface area contributed by atoms with E-state index in [2.05, 4.69) is 20.2 Å². The molecule has 0 radical (unpaired) electrons. The van der Waals surface area contributed by atoms with Crippen LogP contribution in [0.4, 0.5) is 4.39 Å². The lowest BCUT2D eigenvalue weighted by Gasteiger charge is -2.06. The minimum atomic E-state index is -0.561. The van der Waals surface area contributed by atoms with Crippen molar-refractivity contribution < 1.29 is 8.91 Å². The maximum absolute atomic E-state index is 14.0. The Labute approximate surface area is 151 Å². The standard InChI is InChI=1S/C18H11FN6O2/c19-13-4-2-1-3-11(13)10-25-16(14-5-6-27-24-14)7-15(23-25)17-21-9-12(8-20)18(26)22-17/h1-7,9H,10H2,(H,21,22,26). The zero-order valence-electron chi connectivity index (χ0n) is 13.8. The quantitative estimate of drug-likeness (QED) is 0.596. The Morgan fingerprint density at radius 3 is 2.81 bits per heavy atom. The van der Waals surface area contributed by atoms with Crippen molar-refractivity contribution in [3.63, 3.8) is 0 Å². The van der Waals surface area contributed by atoms with Gasteiger partial charge in [-0.2, -0.15) is 10.4 Å². The number of nitrogens with zero attached hydrogens (tertiary/aromatic N) is 5. The predicted molar refractivity (Wildman–Crippen MR) is 91.8 cm³/mol. The Bertz CT molecular complexity index is 1200. The monoisotopic (exact) mass is 362 g/mol. The van der Waals surface area contributed by atoms with Crippen molar-refractivity contribution in [2.24, 2.45) is 0 Å². The molecule has 1 N–H and O–H groups in total. The van der Waals surface area contributed by atoms with Crippen LogP contribution in [0.3, 0.4) is 0 Å². The third kappa shape index (κ3) is 3.11. The summed E-state index contributed by atoms with van der Waals surface area (Å²) < 4.78 is 20.5. The lowest BCUT2D eigenvalue weighted by molar-refractivity contribution is 0.421. The van der Waals surface area contributed by atoms with E-state index >= 15 is 0 Å². The van der Waals surface area contributed by atoms with Gasteiger partial charge in [-0.25, -0.2) is 9.37 Å². The Balaban J connectivity index is 1.81. The first-order valence-corrected chi connectivity index (χ1v) is 7.87. The van der Waals surface area contributed by atoms with Gasteiger partial charge in [-0.15, -0.1) is 0 Å². The van der Waals surface area contributed by atoms with Crippen LogP contribution in [0.1, 0.15) is 11.1 Å². The highest BCUT2D eigenvalue weighted by atomic mass is 19.1. The smallest absolute Gasteiger partial charge is 0.269 e. The summed E-state index contributed by atoms with van der Waals surface area (Å²) in [7, 11) is 0. The molecule has 9 heteroatoms. The topological polar surface area (TPSA) is 113 Å². The van der Waals surface area contributed by atoms with E-state index in [1.54, 1.807) is 41.1 Å². The Kier molecular flexibility index (Phi) is 4.06. The molecule has 0 bridgehead atoms. The molecule has 4 aromatic rings. The second-order valence-corrected chi connectivity index (χ2v) is 5.63. The molecular formula is C18H11FN6O2. The van der Waals surface area contributed by atoms with Crippen molar-refractivity contribution in [3.8, 4) is 29.0 Å². The van der Waals surface area contributed by atoms with Gasteiger partial charge < -0.3 is 9.51 Å². The zero-order chi connectivity index (χ0) is 18.8. The molecule has 27 heavy (non-hydrogen) atoms. The molecule has 0 fully saturated rings. The number of rotatable bonds is 4. The molecule has 3 heterocycles. The highest BCUT2D eigenvalue weighted by Crippen LogP contribution is 2.24. The van der Waals surface area contributed by atoms with Crippen LogP contribution in [-0.2, 0) is 6.54 Å². The zero-order valence-corrected chi connectivity index (χ0v) is 13.8. The molecule has 3 aromatic heterocycles. The average molecular weight is 362 g/mol. The van der Waals surface area contributed by atoms with E-state index in [0.717, 1.165) is 0 Å². The van der Waals surface area contributed by atoms with Crippen LogP contribution in [0, 0.1) is 17.1 Å². The minimum absolute atomic E-state index is 0.0961. The van der Waals surface area contributed by atoms with E-state index in [9.17, 15) is 9.18 Å². The molecule has 0 aliphatic carbocycles. The third-order valence-corrected chi connectivity index (χ3v) is 3.92. The summed E-state index contributed by atoms with van der Waals surface area (Å²) in [5.41, 5.74) is 1.20. The van der Waals surface area contributed by atoms with Gasteiger partial charge in [0.25, 0.3) is 5.56 Å². The van der Waals surface area contributed by atoms with Crippen LogP contribution in [-0.4, -0.2) is 24.9 Å². The normalized spacial score (nSPS) is 10.7. The van der Waals surface area contributed by atoms with Crippen LogP contribution >= 0.6 is 0 Å². The second-order valence-electron chi connectivity index (χ2n) is 5.63. The predicted octanol–water partition coefficient (Wildman–Crippen LogP) is 2.35. The Hall–Kier alpha value is -4.06. The molecule has 0 amide bonds. The number of nitrogens with one attached hydrogen (secondary N) is 1. The van der Waals surface area contributed by atoms with Gasteiger partial charge in [-0.3, -0.25) is 9.48 Å². The van der Waals surface area contributed by atoms with Gasteiger partial charge >= 0.3 is 0 Å². The largest absolute Gasteiger partial charge is 0.364 e. The molecule has 1 aromatic carbocycles. The summed E-state index contributed by atoms with van der Waals surface area (Å²) in [6, 6.07) is 11.4. The SMILES string of the molecule is N#Cc1cnc(-c2cc(-c3ccon3)n(Cc3ccccc3F)n2)[nH]c1=O. The number of benzene rings is 1. The van der Waals surface area contributed by atoms with Crippen LogP contribution in [0.15, 0.2) is 58.2 Å². The van der Waals surface area contributed by atoms with E-state index in [4.69, 9.17) is 9.78 Å². The van der Waals surface area contributed by atoms with Crippen molar-refractivity contribution in [1.29, 1.82) is 5.26 Å². The first kappa shape index (κ1) is 16.4. The summed E-state index contributed by atoms with van der Waals surface area (Å²) in [5, 5.41) is 17.2. The van der Waals surface area contributed by atoms with E-state index in [1.807, 2.05) is 0 Å². The number of nitriles is 1. The fourth-order valence-electron chi connectivity index (χ4n) is 2.60. The van der Waals surface area contributed by atoms with Gasteiger partial charge in [0.15, 0.2) is 5.82 Å². The van der Waals surface area contributed by atoms with Crippen molar-refractivity contribution in [2.45, 2.75) is 6.54 Å². The molecule has 8 nitrogen and oxygen atoms in total. The molecule has 0 saturated heterocycles. The van der Waals surface area contributed by atoms with Gasteiger partial charge in [-0.1, -0.05) is 23.4 Å². The Morgan fingerprint density at radius 1 is 1.26 bits per heavy atom. The number of hydrogen-bond acceptors (Lipinski definition) is 6. The first-order chi connectivity index (χ1) is 13.2. The number of H-pyrrole nitrogens is 1. The lowest BCUT2D eigenvalue weighted by atomic mass is 10.2. The summed E-state index contributed by atoms with van der Waals surface area (Å²) >= 11 is 0. The highest BCUT2D eigenvalue weighted by molar-refractivity contribution is 5.62. The maximum atomic E-state index is 14.0. The number of halogens is 1. The summed E-state index contributed by atoms with van der Waals surface area (Å²) in [5.74, 6) is -0.165.